The van der Waals surface area contributed by atoms with Gasteiger partial charge >= 0.3 is 0 Å². The highest BCUT2D eigenvalue weighted by atomic mass is 16.7. The van der Waals surface area contributed by atoms with E-state index in [1.165, 1.54) is 0 Å². The summed E-state index contributed by atoms with van der Waals surface area (Å²) in [6.45, 7) is 2.69. The van der Waals surface area contributed by atoms with Crippen LogP contribution in [0.4, 0.5) is 0 Å². The summed E-state index contributed by atoms with van der Waals surface area (Å²) in [6.07, 6.45) is 1.80. The molecule has 2 aromatic rings. The van der Waals surface area contributed by atoms with Crippen molar-refractivity contribution >= 4 is 11.6 Å². The fourth-order valence-corrected chi connectivity index (χ4v) is 2.46. The Morgan fingerprint density at radius 1 is 1.17 bits per heavy atom. The minimum atomic E-state index is 0.209. The molecule has 1 aliphatic rings. The highest BCUT2D eigenvalue weighted by Crippen LogP contribution is 2.35. The van der Waals surface area contributed by atoms with Crippen molar-refractivity contribution in [3.8, 4) is 29.1 Å². The van der Waals surface area contributed by atoms with Gasteiger partial charge in [0.2, 0.25) is 6.79 Å². The van der Waals surface area contributed by atoms with Crippen LogP contribution in [-0.4, -0.2) is 20.5 Å². The van der Waals surface area contributed by atoms with E-state index in [9.17, 15) is 5.26 Å². The minimum absolute atomic E-state index is 0.209. The number of hydrogen-bond donors (Lipinski definition) is 0. The highest BCUT2D eigenvalue weighted by molar-refractivity contribution is 5.90. The van der Waals surface area contributed by atoms with Crippen LogP contribution in [0.5, 0.6) is 23.0 Å². The maximum Gasteiger partial charge on any atom is 0.231 e. The van der Waals surface area contributed by atoms with Crippen LogP contribution in [0.1, 0.15) is 18.1 Å². The third kappa shape index (κ3) is 3.13. The van der Waals surface area contributed by atoms with Crippen molar-refractivity contribution in [2.75, 3.05) is 20.5 Å². The van der Waals surface area contributed by atoms with Crippen molar-refractivity contribution < 1.29 is 18.9 Å². The molecule has 1 heterocycles. The largest absolute Gasteiger partial charge is 0.493 e. The second kappa shape index (κ2) is 6.97. The molecule has 0 radical (unpaired) electrons. The lowest BCUT2D eigenvalue weighted by Crippen LogP contribution is -1.95. The molecule has 0 saturated carbocycles. The summed E-state index contributed by atoms with van der Waals surface area (Å²) in [5.74, 6) is 2.66. The Bertz CT molecular complexity index is 821. The van der Waals surface area contributed by atoms with Crippen LogP contribution >= 0.6 is 0 Å². The number of ether oxygens (including phenoxy) is 4. The molecule has 0 spiro atoms. The lowest BCUT2D eigenvalue weighted by atomic mass is 10.0. The van der Waals surface area contributed by atoms with Crippen molar-refractivity contribution in [1.29, 1.82) is 5.26 Å². The first-order chi connectivity index (χ1) is 11.7. The molecule has 5 heteroatoms. The Hall–Kier alpha value is -3.13. The van der Waals surface area contributed by atoms with Crippen molar-refractivity contribution in [3.63, 3.8) is 0 Å². The standard InChI is InChI=1S/C19H17NO4/c1-3-22-16-6-4-13(9-18(16)21-2)8-15(11-20)14-5-7-17-19(10-14)24-12-23-17/h4-10H,3,12H2,1-2H3/b15-8-. The second-order valence-corrected chi connectivity index (χ2v) is 5.08. The predicted molar refractivity (Wildman–Crippen MR) is 90.2 cm³/mol. The number of rotatable bonds is 5. The van der Waals surface area contributed by atoms with Gasteiger partial charge in [-0.25, -0.2) is 0 Å². The van der Waals surface area contributed by atoms with Gasteiger partial charge in [-0.3, -0.25) is 0 Å². The van der Waals surface area contributed by atoms with Gasteiger partial charge in [-0.05, 0) is 54.5 Å². The van der Waals surface area contributed by atoms with Crippen molar-refractivity contribution in [2.24, 2.45) is 0 Å². The van der Waals surface area contributed by atoms with Crippen LogP contribution in [0.3, 0.4) is 0 Å². The van der Waals surface area contributed by atoms with E-state index in [-0.39, 0.29) is 6.79 Å². The Labute approximate surface area is 140 Å². The zero-order chi connectivity index (χ0) is 16.9. The number of benzene rings is 2. The van der Waals surface area contributed by atoms with Crippen LogP contribution in [0.15, 0.2) is 36.4 Å². The molecule has 0 N–H and O–H groups in total. The number of allylic oxidation sites excluding steroid dienone is 1. The topological polar surface area (TPSA) is 60.7 Å². The molecule has 3 rings (SSSR count). The van der Waals surface area contributed by atoms with E-state index >= 15 is 0 Å². The Balaban J connectivity index is 1.95. The molecule has 0 aromatic heterocycles. The van der Waals surface area contributed by atoms with Crippen LogP contribution in [0.2, 0.25) is 0 Å². The molecule has 0 saturated heterocycles. The van der Waals surface area contributed by atoms with Crippen molar-refractivity contribution in [3.05, 3.63) is 47.5 Å². The normalized spacial score (nSPS) is 12.6. The maximum absolute atomic E-state index is 9.51. The quantitative estimate of drug-likeness (QED) is 0.617. The Morgan fingerprint density at radius 2 is 2.00 bits per heavy atom. The van der Waals surface area contributed by atoms with Crippen LogP contribution in [0, 0.1) is 11.3 Å². The smallest absolute Gasteiger partial charge is 0.231 e. The predicted octanol–water partition coefficient (Wildman–Crippen LogP) is 3.89. The van der Waals surface area contributed by atoms with E-state index in [0.717, 1.165) is 11.1 Å². The van der Waals surface area contributed by atoms with Gasteiger partial charge in [0.25, 0.3) is 0 Å². The molecule has 122 valence electrons. The van der Waals surface area contributed by atoms with E-state index in [4.69, 9.17) is 18.9 Å². The van der Waals surface area contributed by atoms with Crippen molar-refractivity contribution in [1.82, 2.24) is 0 Å². The third-order valence-electron chi connectivity index (χ3n) is 3.60. The first-order valence-electron chi connectivity index (χ1n) is 7.57. The number of hydrogen-bond acceptors (Lipinski definition) is 5. The van der Waals surface area contributed by atoms with E-state index in [1.54, 1.807) is 13.2 Å². The summed E-state index contributed by atoms with van der Waals surface area (Å²) in [7, 11) is 1.59. The zero-order valence-corrected chi connectivity index (χ0v) is 13.5. The van der Waals surface area contributed by atoms with E-state index < -0.39 is 0 Å². The molecule has 0 aliphatic carbocycles. The van der Waals surface area contributed by atoms with E-state index in [1.807, 2.05) is 43.3 Å². The SMILES string of the molecule is CCOc1ccc(/C=C(/C#N)c2ccc3c(c2)OCO3)cc1OC. The van der Waals surface area contributed by atoms with Crippen LogP contribution in [-0.2, 0) is 0 Å². The minimum Gasteiger partial charge on any atom is -0.493 e. The molecule has 24 heavy (non-hydrogen) atoms. The summed E-state index contributed by atoms with van der Waals surface area (Å²) in [6, 6.07) is 13.3. The molecular weight excluding hydrogens is 306 g/mol. The summed E-state index contributed by atoms with van der Waals surface area (Å²) in [5, 5.41) is 9.51. The van der Waals surface area contributed by atoms with Gasteiger partial charge in [-0.15, -0.1) is 0 Å². The first kappa shape index (κ1) is 15.8. The van der Waals surface area contributed by atoms with Gasteiger partial charge in [0.15, 0.2) is 23.0 Å². The van der Waals surface area contributed by atoms with Gasteiger partial charge in [0.1, 0.15) is 0 Å². The average Bonchev–Trinajstić information content (AvgIpc) is 3.08. The molecule has 0 amide bonds. The summed E-state index contributed by atoms with van der Waals surface area (Å²) in [4.78, 5) is 0. The number of fused-ring (bicyclic) bond motifs is 1. The van der Waals surface area contributed by atoms with Gasteiger partial charge < -0.3 is 18.9 Å². The van der Waals surface area contributed by atoms with Gasteiger partial charge in [0.05, 0.1) is 25.4 Å². The number of nitrogens with zero attached hydrogens (tertiary/aromatic N) is 1. The highest BCUT2D eigenvalue weighted by Gasteiger charge is 2.15. The van der Waals surface area contributed by atoms with E-state index in [0.29, 0.717) is 35.2 Å². The molecule has 0 atom stereocenters. The van der Waals surface area contributed by atoms with Crippen LogP contribution < -0.4 is 18.9 Å². The van der Waals surface area contributed by atoms with Crippen LogP contribution in [0.25, 0.3) is 11.6 Å². The average molecular weight is 323 g/mol. The Kier molecular flexibility index (Phi) is 4.57. The molecule has 1 aliphatic heterocycles. The molecule has 2 aromatic carbocycles. The molecular formula is C19H17NO4. The maximum atomic E-state index is 9.51. The van der Waals surface area contributed by atoms with Gasteiger partial charge in [-0.1, -0.05) is 6.07 Å². The first-order valence-corrected chi connectivity index (χ1v) is 7.57. The summed E-state index contributed by atoms with van der Waals surface area (Å²) in [5.41, 5.74) is 2.15. The molecule has 0 fully saturated rings. The monoisotopic (exact) mass is 323 g/mol. The Morgan fingerprint density at radius 3 is 2.75 bits per heavy atom. The van der Waals surface area contributed by atoms with E-state index in [2.05, 4.69) is 6.07 Å². The summed E-state index contributed by atoms with van der Waals surface area (Å²) >= 11 is 0. The van der Waals surface area contributed by atoms with Crippen molar-refractivity contribution in [2.45, 2.75) is 6.92 Å². The second-order valence-electron chi connectivity index (χ2n) is 5.08. The fraction of sp³-hybridized carbons (Fsp3) is 0.211. The lowest BCUT2D eigenvalue weighted by molar-refractivity contribution is 0.174. The van der Waals surface area contributed by atoms with Gasteiger partial charge in [-0.2, -0.15) is 5.26 Å². The summed E-state index contributed by atoms with van der Waals surface area (Å²) < 4.78 is 21.5. The third-order valence-corrected chi connectivity index (χ3v) is 3.60. The number of nitriles is 1. The van der Waals surface area contributed by atoms with Gasteiger partial charge in [0, 0.05) is 0 Å². The number of methoxy groups -OCH3 is 1. The lowest BCUT2D eigenvalue weighted by Gasteiger charge is -2.10. The molecule has 0 bridgehead atoms. The molecule has 5 nitrogen and oxygen atoms in total. The molecule has 0 unspecified atom stereocenters. The zero-order valence-electron chi connectivity index (χ0n) is 13.5. The fourth-order valence-electron chi connectivity index (χ4n) is 2.46.